The van der Waals surface area contributed by atoms with Gasteiger partial charge in [0.2, 0.25) is 5.91 Å². The van der Waals surface area contributed by atoms with E-state index < -0.39 is 0 Å². The fourth-order valence-corrected chi connectivity index (χ4v) is 2.09. The summed E-state index contributed by atoms with van der Waals surface area (Å²) in [5, 5.41) is 15.4. The predicted molar refractivity (Wildman–Crippen MR) is 76.9 cm³/mol. The fraction of sp³-hybridized carbons (Fsp3) is 0.333. The molecule has 0 aliphatic carbocycles. The van der Waals surface area contributed by atoms with E-state index in [0.717, 1.165) is 5.56 Å². The van der Waals surface area contributed by atoms with E-state index in [4.69, 9.17) is 5.26 Å². The maximum Gasteiger partial charge on any atom is 0.252 e. The summed E-state index contributed by atoms with van der Waals surface area (Å²) in [6.45, 7) is 3.91. The first-order chi connectivity index (χ1) is 10.5. The number of benzene rings is 1. The van der Waals surface area contributed by atoms with E-state index in [-0.39, 0.29) is 36.1 Å². The number of rotatable bonds is 5. The van der Waals surface area contributed by atoms with Crippen LogP contribution in [0, 0.1) is 23.1 Å². The van der Waals surface area contributed by atoms with Crippen molar-refractivity contribution in [3.8, 4) is 6.07 Å². The lowest BCUT2D eigenvalue weighted by Crippen LogP contribution is -2.34. The quantitative estimate of drug-likeness (QED) is 0.912. The highest BCUT2D eigenvalue weighted by molar-refractivity contribution is 5.76. The number of hydrogen-bond acceptors (Lipinski definition) is 4. The van der Waals surface area contributed by atoms with Crippen LogP contribution in [0.5, 0.6) is 0 Å². The molecule has 0 unspecified atom stereocenters. The van der Waals surface area contributed by atoms with Crippen LogP contribution in [0.15, 0.2) is 30.6 Å². The van der Waals surface area contributed by atoms with Gasteiger partial charge in [-0.15, -0.1) is 5.10 Å². The molecule has 0 fully saturated rings. The molecule has 1 amide bonds. The third-order valence-corrected chi connectivity index (χ3v) is 3.15. The first-order valence-corrected chi connectivity index (χ1v) is 6.84. The average molecular weight is 301 g/mol. The van der Waals surface area contributed by atoms with Crippen LogP contribution in [0.3, 0.4) is 0 Å². The molecule has 0 spiro atoms. The minimum Gasteiger partial charge on any atom is -0.347 e. The van der Waals surface area contributed by atoms with Crippen molar-refractivity contribution in [1.82, 2.24) is 20.1 Å². The lowest BCUT2D eigenvalue weighted by atomic mass is 9.96. The molecule has 1 aromatic carbocycles. The van der Waals surface area contributed by atoms with Gasteiger partial charge in [0.05, 0.1) is 6.04 Å². The topological polar surface area (TPSA) is 83.6 Å². The Labute approximate surface area is 127 Å². The van der Waals surface area contributed by atoms with Crippen molar-refractivity contribution in [1.29, 1.82) is 5.26 Å². The Morgan fingerprint density at radius 2 is 2.09 bits per heavy atom. The number of aromatic nitrogens is 3. The van der Waals surface area contributed by atoms with Crippen LogP contribution in [-0.4, -0.2) is 20.7 Å². The zero-order valence-corrected chi connectivity index (χ0v) is 12.3. The Hall–Kier alpha value is -2.75. The number of nitrogens with zero attached hydrogens (tertiary/aromatic N) is 4. The standard InChI is InChI=1S/C15H16FN5O/c1-10(2)15(11-3-5-12(16)6-4-11)19-14(22)8-21-9-18-13(7-17)20-21/h3-6,9-10,15H,8H2,1-2H3,(H,19,22)/t15-/m1/s1. The molecule has 114 valence electrons. The predicted octanol–water partition coefficient (Wildman–Crippen LogP) is 1.80. The molecule has 6 nitrogen and oxygen atoms in total. The normalized spacial score (nSPS) is 12.0. The Bertz CT molecular complexity index is 687. The van der Waals surface area contributed by atoms with Crippen LogP contribution in [-0.2, 0) is 11.3 Å². The van der Waals surface area contributed by atoms with Crippen LogP contribution in [0.4, 0.5) is 4.39 Å². The zero-order chi connectivity index (χ0) is 16.1. The van der Waals surface area contributed by atoms with Gasteiger partial charge < -0.3 is 5.32 Å². The van der Waals surface area contributed by atoms with Crippen LogP contribution in [0.2, 0.25) is 0 Å². The molecule has 1 atom stereocenters. The minimum atomic E-state index is -0.316. The second kappa shape index (κ2) is 6.80. The Morgan fingerprint density at radius 3 is 2.64 bits per heavy atom. The number of halogens is 1. The molecule has 0 saturated heterocycles. The Morgan fingerprint density at radius 1 is 1.41 bits per heavy atom. The molecule has 0 aliphatic heterocycles. The summed E-state index contributed by atoms with van der Waals surface area (Å²) < 4.78 is 14.3. The molecule has 1 N–H and O–H groups in total. The number of nitriles is 1. The van der Waals surface area contributed by atoms with Crippen molar-refractivity contribution in [2.75, 3.05) is 0 Å². The van der Waals surface area contributed by atoms with E-state index in [0.29, 0.717) is 0 Å². The van der Waals surface area contributed by atoms with Gasteiger partial charge in [-0.1, -0.05) is 26.0 Å². The number of carbonyl (C=O) groups is 1. The molecule has 22 heavy (non-hydrogen) atoms. The van der Waals surface area contributed by atoms with Gasteiger partial charge in [0.1, 0.15) is 24.8 Å². The van der Waals surface area contributed by atoms with Gasteiger partial charge in [-0.3, -0.25) is 4.79 Å². The summed E-state index contributed by atoms with van der Waals surface area (Å²) in [4.78, 5) is 15.8. The van der Waals surface area contributed by atoms with E-state index in [1.807, 2.05) is 13.8 Å². The van der Waals surface area contributed by atoms with Crippen molar-refractivity contribution in [3.63, 3.8) is 0 Å². The van der Waals surface area contributed by atoms with Crippen LogP contribution in [0.1, 0.15) is 31.3 Å². The van der Waals surface area contributed by atoms with Gasteiger partial charge >= 0.3 is 0 Å². The molecule has 2 aromatic rings. The van der Waals surface area contributed by atoms with Crippen molar-refractivity contribution in [3.05, 3.63) is 47.8 Å². The minimum absolute atomic E-state index is 0.0201. The highest BCUT2D eigenvalue weighted by atomic mass is 19.1. The summed E-state index contributed by atoms with van der Waals surface area (Å²) in [7, 11) is 0. The number of carbonyl (C=O) groups excluding carboxylic acids is 1. The third-order valence-electron chi connectivity index (χ3n) is 3.15. The molecule has 1 aromatic heterocycles. The monoisotopic (exact) mass is 301 g/mol. The highest BCUT2D eigenvalue weighted by Crippen LogP contribution is 2.21. The summed E-state index contributed by atoms with van der Waals surface area (Å²) in [5.74, 6) is -0.409. The van der Waals surface area contributed by atoms with E-state index in [9.17, 15) is 9.18 Å². The summed E-state index contributed by atoms with van der Waals surface area (Å²) >= 11 is 0. The molecular formula is C15H16FN5O. The maximum atomic E-state index is 13.0. The number of hydrogen-bond donors (Lipinski definition) is 1. The van der Waals surface area contributed by atoms with Gasteiger partial charge in [0.25, 0.3) is 5.82 Å². The molecular weight excluding hydrogens is 285 g/mol. The molecule has 2 rings (SSSR count). The Kier molecular flexibility index (Phi) is 4.84. The lowest BCUT2D eigenvalue weighted by Gasteiger charge is -2.23. The number of nitrogens with one attached hydrogen (secondary N) is 1. The van der Waals surface area contributed by atoms with E-state index >= 15 is 0 Å². The van der Waals surface area contributed by atoms with Gasteiger partial charge in [-0.2, -0.15) is 5.26 Å². The van der Waals surface area contributed by atoms with E-state index in [2.05, 4.69) is 15.4 Å². The molecule has 0 bridgehead atoms. The molecule has 0 aliphatic rings. The smallest absolute Gasteiger partial charge is 0.252 e. The summed E-state index contributed by atoms with van der Waals surface area (Å²) in [5.41, 5.74) is 0.834. The lowest BCUT2D eigenvalue weighted by molar-refractivity contribution is -0.122. The van der Waals surface area contributed by atoms with Crippen molar-refractivity contribution in [2.24, 2.45) is 5.92 Å². The average Bonchev–Trinajstić information content (AvgIpc) is 2.93. The zero-order valence-electron chi connectivity index (χ0n) is 12.3. The maximum absolute atomic E-state index is 13.0. The van der Waals surface area contributed by atoms with Gasteiger partial charge in [0, 0.05) is 0 Å². The third kappa shape index (κ3) is 3.88. The fourth-order valence-electron chi connectivity index (χ4n) is 2.09. The highest BCUT2D eigenvalue weighted by Gasteiger charge is 2.18. The van der Waals surface area contributed by atoms with Crippen LogP contribution in [0.25, 0.3) is 0 Å². The largest absolute Gasteiger partial charge is 0.347 e. The second-order valence-corrected chi connectivity index (χ2v) is 5.22. The van der Waals surface area contributed by atoms with Crippen molar-refractivity contribution < 1.29 is 9.18 Å². The molecule has 0 radical (unpaired) electrons. The van der Waals surface area contributed by atoms with Gasteiger partial charge in [-0.05, 0) is 23.6 Å². The first-order valence-electron chi connectivity index (χ1n) is 6.84. The SMILES string of the molecule is CC(C)[C@@H](NC(=O)Cn1cnc(C#N)n1)c1ccc(F)cc1. The van der Waals surface area contributed by atoms with E-state index in [1.54, 1.807) is 18.2 Å². The van der Waals surface area contributed by atoms with Gasteiger partial charge in [0.15, 0.2) is 0 Å². The molecule has 0 saturated carbocycles. The van der Waals surface area contributed by atoms with Crippen LogP contribution < -0.4 is 5.32 Å². The second-order valence-electron chi connectivity index (χ2n) is 5.22. The van der Waals surface area contributed by atoms with Crippen molar-refractivity contribution >= 4 is 5.91 Å². The van der Waals surface area contributed by atoms with Crippen LogP contribution >= 0.6 is 0 Å². The first kappa shape index (κ1) is 15.6. The van der Waals surface area contributed by atoms with Gasteiger partial charge in [-0.25, -0.2) is 14.1 Å². The summed E-state index contributed by atoms with van der Waals surface area (Å²) in [6, 6.07) is 7.62. The van der Waals surface area contributed by atoms with Crippen molar-refractivity contribution in [2.45, 2.75) is 26.4 Å². The number of amides is 1. The van der Waals surface area contributed by atoms with E-state index in [1.165, 1.54) is 23.1 Å². The summed E-state index contributed by atoms with van der Waals surface area (Å²) in [6.07, 6.45) is 1.33. The molecule has 1 heterocycles. The molecule has 7 heteroatoms. The Balaban J connectivity index is 2.06.